The molecule has 0 aliphatic heterocycles. The lowest BCUT2D eigenvalue weighted by Gasteiger charge is -2.15. The summed E-state index contributed by atoms with van der Waals surface area (Å²) in [5.74, 6) is 2.33. The van der Waals surface area contributed by atoms with Crippen LogP contribution in [0.4, 0.5) is 0 Å². The molecule has 0 unspecified atom stereocenters. The maximum atomic E-state index is 6.04. The van der Waals surface area contributed by atoms with E-state index in [-0.39, 0.29) is 4.49 Å². The van der Waals surface area contributed by atoms with Crippen molar-refractivity contribution in [3.63, 3.8) is 0 Å². The van der Waals surface area contributed by atoms with Gasteiger partial charge < -0.3 is 14.3 Å². The molecule has 0 aromatic heterocycles. The van der Waals surface area contributed by atoms with E-state index >= 15 is 0 Å². The van der Waals surface area contributed by atoms with Gasteiger partial charge in [-0.15, -0.1) is 0 Å². The van der Waals surface area contributed by atoms with E-state index in [1.54, 1.807) is 6.08 Å². The number of hydrogen-bond donors (Lipinski definition) is 0. The van der Waals surface area contributed by atoms with E-state index in [1.807, 2.05) is 26.0 Å². The van der Waals surface area contributed by atoms with Crippen molar-refractivity contribution in [2.45, 2.75) is 60.3 Å². The molecule has 1 rings (SSSR count). The topological polar surface area (TPSA) is 40.0 Å². The third kappa shape index (κ3) is 10.2. The van der Waals surface area contributed by atoms with Crippen LogP contribution in [-0.4, -0.2) is 25.5 Å². The molecule has 0 N–H and O–H groups in total. The molecule has 0 aliphatic carbocycles. The standard InChI is InChI=1S/C22H33Cl2NO3/c1-6-19-15-20(26-12-9-21(23)24)14-17(4)22(19)27-10-7-8-11-28-25-18(5)13-16(2)3/h9,14-16H,6-8,10-13H2,1-5H3/b25-18+. The zero-order valence-electron chi connectivity index (χ0n) is 17.7. The number of halogens is 2. The maximum absolute atomic E-state index is 6.04. The van der Waals surface area contributed by atoms with Crippen LogP contribution in [0.2, 0.25) is 0 Å². The van der Waals surface area contributed by atoms with Crippen molar-refractivity contribution in [1.29, 1.82) is 0 Å². The highest BCUT2D eigenvalue weighted by Gasteiger charge is 2.09. The lowest BCUT2D eigenvalue weighted by atomic mass is 10.1. The fraction of sp³-hybridized carbons (Fsp3) is 0.591. The molecule has 0 fully saturated rings. The Labute approximate surface area is 179 Å². The summed E-state index contributed by atoms with van der Waals surface area (Å²) >= 11 is 11.2. The first kappa shape index (κ1) is 24.6. The third-order valence-corrected chi connectivity index (χ3v) is 4.30. The number of hydrogen-bond acceptors (Lipinski definition) is 4. The number of unbranched alkanes of at least 4 members (excludes halogenated alkanes) is 1. The highest BCUT2D eigenvalue weighted by molar-refractivity contribution is 6.55. The van der Waals surface area contributed by atoms with E-state index in [9.17, 15) is 0 Å². The number of benzene rings is 1. The minimum absolute atomic E-state index is 0.206. The van der Waals surface area contributed by atoms with Crippen molar-refractivity contribution in [3.05, 3.63) is 33.8 Å². The van der Waals surface area contributed by atoms with Crippen LogP contribution < -0.4 is 9.47 Å². The lowest BCUT2D eigenvalue weighted by molar-refractivity contribution is 0.134. The molecule has 0 aliphatic rings. The zero-order chi connectivity index (χ0) is 20.9. The number of ether oxygens (including phenoxy) is 2. The van der Waals surface area contributed by atoms with Crippen LogP contribution in [0.5, 0.6) is 11.5 Å². The van der Waals surface area contributed by atoms with Gasteiger partial charge in [0, 0.05) is 0 Å². The van der Waals surface area contributed by atoms with Crippen LogP contribution in [0, 0.1) is 12.8 Å². The summed E-state index contributed by atoms with van der Waals surface area (Å²) in [4.78, 5) is 5.38. The highest BCUT2D eigenvalue weighted by atomic mass is 35.5. The molecule has 0 saturated carbocycles. The first-order valence-electron chi connectivity index (χ1n) is 9.89. The second kappa shape index (κ2) is 13.7. The Morgan fingerprint density at radius 3 is 2.50 bits per heavy atom. The Bertz CT molecular complexity index is 653. The van der Waals surface area contributed by atoms with E-state index in [0.717, 1.165) is 54.0 Å². The van der Waals surface area contributed by atoms with Gasteiger partial charge in [0.25, 0.3) is 0 Å². The number of aryl methyl sites for hydroxylation is 2. The average molecular weight is 430 g/mol. The van der Waals surface area contributed by atoms with Crippen LogP contribution in [-0.2, 0) is 11.3 Å². The first-order valence-corrected chi connectivity index (χ1v) is 10.6. The predicted octanol–water partition coefficient (Wildman–Crippen LogP) is 6.85. The predicted molar refractivity (Wildman–Crippen MR) is 119 cm³/mol. The number of rotatable bonds is 13. The Balaban J connectivity index is 2.44. The molecule has 0 atom stereocenters. The summed E-state index contributed by atoms with van der Waals surface area (Å²) in [5.41, 5.74) is 3.22. The van der Waals surface area contributed by atoms with Crippen molar-refractivity contribution in [3.8, 4) is 11.5 Å². The summed E-state index contributed by atoms with van der Waals surface area (Å²) in [6, 6.07) is 3.98. The van der Waals surface area contributed by atoms with E-state index in [2.05, 4.69) is 25.9 Å². The first-order chi connectivity index (χ1) is 13.3. The molecule has 0 bridgehead atoms. The summed E-state index contributed by atoms with van der Waals surface area (Å²) in [5, 5.41) is 4.15. The monoisotopic (exact) mass is 429 g/mol. The van der Waals surface area contributed by atoms with Crippen molar-refractivity contribution >= 4 is 28.9 Å². The van der Waals surface area contributed by atoms with E-state index in [0.29, 0.717) is 25.7 Å². The fourth-order valence-corrected chi connectivity index (χ4v) is 2.92. The van der Waals surface area contributed by atoms with Crippen LogP contribution in [0.25, 0.3) is 0 Å². The van der Waals surface area contributed by atoms with Crippen LogP contribution in [0.15, 0.2) is 27.9 Å². The maximum Gasteiger partial charge on any atom is 0.125 e. The van der Waals surface area contributed by atoms with Gasteiger partial charge >= 0.3 is 0 Å². The molecule has 1 aromatic rings. The van der Waals surface area contributed by atoms with Gasteiger partial charge in [-0.3, -0.25) is 0 Å². The van der Waals surface area contributed by atoms with Crippen molar-refractivity contribution in [1.82, 2.24) is 0 Å². The second-order valence-corrected chi connectivity index (χ2v) is 8.21. The van der Waals surface area contributed by atoms with Crippen molar-refractivity contribution < 1.29 is 14.3 Å². The van der Waals surface area contributed by atoms with Crippen LogP contribution >= 0.6 is 23.2 Å². The van der Waals surface area contributed by atoms with Gasteiger partial charge in [0.15, 0.2) is 0 Å². The molecule has 0 radical (unpaired) electrons. The molecule has 28 heavy (non-hydrogen) atoms. The van der Waals surface area contributed by atoms with Crippen LogP contribution in [0.1, 0.15) is 58.1 Å². The smallest absolute Gasteiger partial charge is 0.125 e. The van der Waals surface area contributed by atoms with E-state index in [1.165, 1.54) is 0 Å². The Hall–Kier alpha value is -1.39. The molecule has 0 amide bonds. The van der Waals surface area contributed by atoms with Gasteiger partial charge in [0.2, 0.25) is 0 Å². The van der Waals surface area contributed by atoms with Crippen molar-refractivity contribution in [2.24, 2.45) is 11.1 Å². The largest absolute Gasteiger partial charge is 0.493 e. The lowest BCUT2D eigenvalue weighted by Crippen LogP contribution is -2.05. The Morgan fingerprint density at radius 1 is 1.14 bits per heavy atom. The molecule has 4 nitrogen and oxygen atoms in total. The molecule has 6 heteroatoms. The van der Waals surface area contributed by atoms with Crippen molar-refractivity contribution in [2.75, 3.05) is 19.8 Å². The number of oxime groups is 1. The second-order valence-electron chi connectivity index (χ2n) is 7.20. The molecule has 1 aromatic carbocycles. The van der Waals surface area contributed by atoms with Gasteiger partial charge in [-0.25, -0.2) is 0 Å². The van der Waals surface area contributed by atoms with Gasteiger partial charge in [0.05, 0.1) is 12.3 Å². The molecule has 158 valence electrons. The summed E-state index contributed by atoms with van der Waals surface area (Å²) in [7, 11) is 0. The molecular weight excluding hydrogens is 397 g/mol. The normalized spacial score (nSPS) is 11.5. The minimum atomic E-state index is 0.206. The SMILES string of the molecule is CCc1cc(OCC=C(Cl)Cl)cc(C)c1OCCCCO/N=C(\C)CC(C)C. The van der Waals surface area contributed by atoms with E-state index < -0.39 is 0 Å². The summed E-state index contributed by atoms with van der Waals surface area (Å²) in [6.07, 6.45) is 5.28. The highest BCUT2D eigenvalue weighted by Crippen LogP contribution is 2.30. The third-order valence-electron chi connectivity index (χ3n) is 3.99. The summed E-state index contributed by atoms with van der Waals surface area (Å²) < 4.78 is 11.9. The van der Waals surface area contributed by atoms with Gasteiger partial charge in [-0.05, 0) is 74.8 Å². The molecule has 0 spiro atoms. The van der Waals surface area contributed by atoms with Crippen LogP contribution in [0.3, 0.4) is 0 Å². The zero-order valence-corrected chi connectivity index (χ0v) is 19.2. The molecule has 0 heterocycles. The quantitative estimate of drug-likeness (QED) is 0.195. The molecular formula is C22H33Cl2NO3. The van der Waals surface area contributed by atoms with Gasteiger partial charge in [-0.2, -0.15) is 0 Å². The Morgan fingerprint density at radius 2 is 1.86 bits per heavy atom. The van der Waals surface area contributed by atoms with Gasteiger partial charge in [-0.1, -0.05) is 49.1 Å². The summed E-state index contributed by atoms with van der Waals surface area (Å²) in [6.45, 7) is 12.1. The average Bonchev–Trinajstić information content (AvgIpc) is 2.61. The molecule has 0 saturated heterocycles. The van der Waals surface area contributed by atoms with E-state index in [4.69, 9.17) is 37.5 Å². The minimum Gasteiger partial charge on any atom is -0.493 e. The Kier molecular flexibility index (Phi) is 12.1. The number of nitrogens with zero attached hydrogens (tertiary/aromatic N) is 1. The van der Waals surface area contributed by atoms with Gasteiger partial charge in [0.1, 0.15) is 29.2 Å². The fourth-order valence-electron chi connectivity index (χ4n) is 2.79.